The van der Waals surface area contributed by atoms with E-state index in [1.165, 1.54) is 0 Å². The third-order valence-corrected chi connectivity index (χ3v) is 3.54. The van der Waals surface area contributed by atoms with Crippen molar-refractivity contribution >= 4 is 5.91 Å². The summed E-state index contributed by atoms with van der Waals surface area (Å²) < 4.78 is 83.3. The third-order valence-electron chi connectivity index (χ3n) is 3.54. The lowest BCUT2D eigenvalue weighted by Gasteiger charge is -2.18. The average Bonchev–Trinajstić information content (AvgIpc) is 2.60. The molecule has 0 aromatic heterocycles. The van der Waals surface area contributed by atoms with Gasteiger partial charge in [0.15, 0.2) is 13.2 Å². The largest absolute Gasteiger partial charge is 0.484 e. The molecule has 5 nitrogen and oxygen atoms in total. The van der Waals surface area contributed by atoms with Crippen molar-refractivity contribution in [1.82, 2.24) is 10.6 Å². The molecular formula is C17H22F6N2O3. The number of hydrogen-bond donors (Lipinski definition) is 2. The van der Waals surface area contributed by atoms with Crippen LogP contribution in [-0.2, 0) is 0 Å². The Bertz CT molecular complexity index is 634. The van der Waals surface area contributed by atoms with Crippen molar-refractivity contribution in [1.29, 1.82) is 0 Å². The van der Waals surface area contributed by atoms with E-state index < -0.39 is 37.2 Å². The lowest BCUT2D eigenvalue weighted by atomic mass is 10.1. The molecule has 1 atom stereocenters. The van der Waals surface area contributed by atoms with Gasteiger partial charge in [-0.25, -0.2) is 0 Å². The van der Waals surface area contributed by atoms with Gasteiger partial charge in [0.05, 0.1) is 5.56 Å². The summed E-state index contributed by atoms with van der Waals surface area (Å²) in [5.74, 6) is -1.52. The molecule has 1 unspecified atom stereocenters. The van der Waals surface area contributed by atoms with Crippen LogP contribution in [0.2, 0.25) is 0 Å². The first-order valence-corrected chi connectivity index (χ1v) is 8.43. The smallest absolute Gasteiger partial charge is 0.422 e. The van der Waals surface area contributed by atoms with Gasteiger partial charge in [-0.15, -0.1) is 0 Å². The Kier molecular flexibility index (Phi) is 8.86. The van der Waals surface area contributed by atoms with Gasteiger partial charge in [-0.3, -0.25) is 4.79 Å². The van der Waals surface area contributed by atoms with Gasteiger partial charge in [-0.1, -0.05) is 13.3 Å². The fraction of sp³-hybridized carbons (Fsp3) is 0.588. The zero-order chi connectivity index (χ0) is 21.4. The molecule has 1 rings (SSSR count). The van der Waals surface area contributed by atoms with E-state index >= 15 is 0 Å². The molecule has 0 saturated carbocycles. The van der Waals surface area contributed by atoms with Crippen LogP contribution >= 0.6 is 0 Å². The van der Waals surface area contributed by atoms with Crippen LogP contribution in [0.25, 0.3) is 0 Å². The molecule has 0 radical (unpaired) electrons. The first kappa shape index (κ1) is 23.9. The van der Waals surface area contributed by atoms with E-state index in [9.17, 15) is 31.1 Å². The van der Waals surface area contributed by atoms with E-state index in [0.29, 0.717) is 0 Å². The number of rotatable bonds is 10. The highest BCUT2D eigenvalue weighted by Crippen LogP contribution is 2.27. The van der Waals surface area contributed by atoms with Crippen molar-refractivity contribution < 1.29 is 40.6 Å². The van der Waals surface area contributed by atoms with Gasteiger partial charge < -0.3 is 20.1 Å². The molecular weight excluding hydrogens is 394 g/mol. The second kappa shape index (κ2) is 10.4. The van der Waals surface area contributed by atoms with Crippen LogP contribution in [0.1, 0.15) is 30.1 Å². The lowest BCUT2D eigenvalue weighted by Crippen LogP contribution is -2.39. The van der Waals surface area contributed by atoms with Crippen LogP contribution in [0, 0.1) is 0 Å². The van der Waals surface area contributed by atoms with Crippen LogP contribution < -0.4 is 20.1 Å². The normalized spacial score (nSPS) is 13.1. The molecule has 0 fully saturated rings. The van der Waals surface area contributed by atoms with Crippen molar-refractivity contribution in [3.05, 3.63) is 23.8 Å². The standard InChI is InChI=1S/C17H22F6N2O3/c1-3-4-11(24-2)8-25-15(26)13-7-12(27-9-16(18,19)20)5-6-14(13)28-10-17(21,22)23/h5-7,11,24H,3-4,8-10H2,1-2H3,(H,25,26). The Morgan fingerprint density at radius 3 is 2.21 bits per heavy atom. The zero-order valence-corrected chi connectivity index (χ0v) is 15.3. The fourth-order valence-electron chi connectivity index (χ4n) is 2.23. The Labute approximate surface area is 158 Å². The Balaban J connectivity index is 2.98. The predicted octanol–water partition coefficient (Wildman–Crippen LogP) is 3.69. The molecule has 1 amide bonds. The summed E-state index contributed by atoms with van der Waals surface area (Å²) in [5.41, 5.74) is -0.352. The maximum absolute atomic E-state index is 12.4. The van der Waals surface area contributed by atoms with E-state index in [-0.39, 0.29) is 23.9 Å². The third kappa shape index (κ3) is 9.16. The number of halogens is 6. The van der Waals surface area contributed by atoms with Gasteiger partial charge in [0.2, 0.25) is 0 Å². The first-order valence-electron chi connectivity index (χ1n) is 8.43. The van der Waals surface area contributed by atoms with Crippen LogP contribution in [-0.4, -0.2) is 51.1 Å². The highest BCUT2D eigenvalue weighted by Gasteiger charge is 2.30. The number of carbonyl (C=O) groups excluding carboxylic acids is 1. The monoisotopic (exact) mass is 416 g/mol. The zero-order valence-electron chi connectivity index (χ0n) is 15.3. The molecule has 2 N–H and O–H groups in total. The molecule has 160 valence electrons. The quantitative estimate of drug-likeness (QED) is 0.572. The van der Waals surface area contributed by atoms with Crippen LogP contribution in [0.4, 0.5) is 26.3 Å². The number of likely N-dealkylation sites (N-methyl/N-ethyl adjacent to an activating group) is 1. The second-order valence-corrected chi connectivity index (χ2v) is 5.95. The van der Waals surface area contributed by atoms with E-state index in [4.69, 9.17) is 0 Å². The molecule has 0 heterocycles. The van der Waals surface area contributed by atoms with Crippen molar-refractivity contribution in [2.24, 2.45) is 0 Å². The summed E-state index contributed by atoms with van der Waals surface area (Å²) in [5, 5.41) is 5.50. The molecule has 0 spiro atoms. The summed E-state index contributed by atoms with van der Waals surface area (Å²) in [4.78, 5) is 12.4. The molecule has 0 aliphatic rings. The minimum Gasteiger partial charge on any atom is -0.484 e. The van der Waals surface area contributed by atoms with E-state index in [0.717, 1.165) is 31.0 Å². The molecule has 0 bridgehead atoms. The van der Waals surface area contributed by atoms with Gasteiger partial charge >= 0.3 is 12.4 Å². The summed E-state index contributed by atoms with van der Waals surface area (Å²) in [6.45, 7) is -1.13. The van der Waals surface area contributed by atoms with Crippen LogP contribution in [0.15, 0.2) is 18.2 Å². The molecule has 11 heteroatoms. The number of carbonyl (C=O) groups is 1. The number of amides is 1. The average molecular weight is 416 g/mol. The van der Waals surface area contributed by atoms with Crippen molar-refractivity contribution in [2.45, 2.75) is 38.2 Å². The summed E-state index contributed by atoms with van der Waals surface area (Å²) in [7, 11) is 1.69. The molecule has 28 heavy (non-hydrogen) atoms. The summed E-state index contributed by atoms with van der Waals surface area (Å²) in [6.07, 6.45) is -7.67. The summed E-state index contributed by atoms with van der Waals surface area (Å²) >= 11 is 0. The van der Waals surface area contributed by atoms with E-state index in [1.807, 2.05) is 6.92 Å². The minimum absolute atomic E-state index is 0.0712. The Hall–Kier alpha value is -2.17. The maximum atomic E-state index is 12.4. The van der Waals surface area contributed by atoms with Crippen molar-refractivity contribution in [2.75, 3.05) is 26.8 Å². The van der Waals surface area contributed by atoms with Gasteiger partial charge in [-0.2, -0.15) is 26.3 Å². The number of hydrogen-bond acceptors (Lipinski definition) is 4. The van der Waals surface area contributed by atoms with Crippen molar-refractivity contribution in [3.63, 3.8) is 0 Å². The molecule has 0 aliphatic carbocycles. The topological polar surface area (TPSA) is 59.6 Å². The number of ether oxygens (including phenoxy) is 2. The molecule has 0 saturated heterocycles. The second-order valence-electron chi connectivity index (χ2n) is 5.95. The van der Waals surface area contributed by atoms with Gasteiger partial charge in [-0.05, 0) is 31.7 Å². The van der Waals surface area contributed by atoms with E-state index in [2.05, 4.69) is 20.1 Å². The summed E-state index contributed by atoms with van der Waals surface area (Å²) in [6, 6.07) is 2.81. The highest BCUT2D eigenvalue weighted by molar-refractivity contribution is 5.97. The van der Waals surface area contributed by atoms with Gasteiger partial charge in [0.25, 0.3) is 5.91 Å². The SMILES string of the molecule is CCCC(CNC(=O)c1cc(OCC(F)(F)F)ccc1OCC(F)(F)F)NC. The minimum atomic E-state index is -4.64. The fourth-order valence-corrected chi connectivity index (χ4v) is 2.23. The van der Waals surface area contributed by atoms with Crippen molar-refractivity contribution in [3.8, 4) is 11.5 Å². The lowest BCUT2D eigenvalue weighted by molar-refractivity contribution is -0.154. The Morgan fingerprint density at radius 2 is 1.68 bits per heavy atom. The van der Waals surface area contributed by atoms with Crippen LogP contribution in [0.5, 0.6) is 11.5 Å². The maximum Gasteiger partial charge on any atom is 0.422 e. The first-order chi connectivity index (χ1) is 12.9. The Morgan fingerprint density at radius 1 is 1.07 bits per heavy atom. The molecule has 1 aromatic rings. The van der Waals surface area contributed by atoms with E-state index in [1.54, 1.807) is 7.05 Å². The molecule has 0 aliphatic heterocycles. The number of alkyl halides is 6. The van der Waals surface area contributed by atoms with Crippen LogP contribution in [0.3, 0.4) is 0 Å². The predicted molar refractivity (Wildman–Crippen MR) is 89.6 cm³/mol. The highest BCUT2D eigenvalue weighted by atomic mass is 19.4. The molecule has 1 aromatic carbocycles. The van der Waals surface area contributed by atoms with Gasteiger partial charge in [0.1, 0.15) is 11.5 Å². The number of benzene rings is 1. The number of nitrogens with one attached hydrogen (secondary N) is 2. The van der Waals surface area contributed by atoms with Gasteiger partial charge in [0, 0.05) is 12.6 Å².